The highest BCUT2D eigenvalue weighted by Gasteiger charge is 2.16. The Morgan fingerprint density at radius 3 is 2.23 bits per heavy atom. The predicted molar refractivity (Wildman–Crippen MR) is 116 cm³/mol. The Hall–Kier alpha value is -3.60. The number of amides is 1. The lowest BCUT2D eigenvalue weighted by Gasteiger charge is -2.14. The molecule has 0 bridgehead atoms. The number of rotatable bonds is 9. The quantitative estimate of drug-likeness (QED) is 0.523. The van der Waals surface area contributed by atoms with Crippen LogP contribution in [0, 0.1) is 0 Å². The molecule has 1 amide bonds. The Morgan fingerprint density at radius 1 is 0.867 bits per heavy atom. The molecule has 0 aliphatic heterocycles. The van der Waals surface area contributed by atoms with Crippen molar-refractivity contribution in [3.63, 3.8) is 0 Å². The van der Waals surface area contributed by atoms with Gasteiger partial charge in [0, 0.05) is 6.04 Å². The SMILES string of the molecule is CC(CCc1ccccc1)NC(=O)COC(=O)c1ccccc1Oc1ccccc1. The molecule has 0 heterocycles. The van der Waals surface area contributed by atoms with E-state index in [2.05, 4.69) is 17.4 Å². The molecule has 30 heavy (non-hydrogen) atoms. The van der Waals surface area contributed by atoms with Gasteiger partial charge in [-0.1, -0.05) is 60.7 Å². The minimum absolute atomic E-state index is 0.0230. The van der Waals surface area contributed by atoms with Crippen molar-refractivity contribution < 1.29 is 19.1 Å². The minimum Gasteiger partial charge on any atom is -0.456 e. The first-order valence-corrected chi connectivity index (χ1v) is 9.94. The highest BCUT2D eigenvalue weighted by molar-refractivity contribution is 5.94. The fourth-order valence-corrected chi connectivity index (χ4v) is 2.97. The maximum Gasteiger partial charge on any atom is 0.342 e. The molecule has 1 atom stereocenters. The van der Waals surface area contributed by atoms with Crippen LogP contribution in [-0.2, 0) is 16.0 Å². The molecular weight excluding hydrogens is 378 g/mol. The van der Waals surface area contributed by atoms with Gasteiger partial charge in [0.05, 0.1) is 0 Å². The molecular formula is C25H25NO4. The Morgan fingerprint density at radius 2 is 1.50 bits per heavy atom. The summed E-state index contributed by atoms with van der Waals surface area (Å²) in [4.78, 5) is 24.6. The van der Waals surface area contributed by atoms with Crippen LogP contribution in [0.5, 0.6) is 11.5 Å². The van der Waals surface area contributed by atoms with Crippen LogP contribution in [0.15, 0.2) is 84.9 Å². The molecule has 0 saturated heterocycles. The maximum absolute atomic E-state index is 12.5. The van der Waals surface area contributed by atoms with Crippen molar-refractivity contribution >= 4 is 11.9 Å². The first-order valence-electron chi connectivity index (χ1n) is 9.94. The van der Waals surface area contributed by atoms with Gasteiger partial charge in [-0.2, -0.15) is 0 Å². The Balaban J connectivity index is 1.48. The molecule has 154 valence electrons. The number of carbonyl (C=O) groups excluding carboxylic acids is 2. The first-order chi connectivity index (χ1) is 14.6. The zero-order valence-corrected chi connectivity index (χ0v) is 16.9. The van der Waals surface area contributed by atoms with E-state index in [1.165, 1.54) is 5.56 Å². The summed E-state index contributed by atoms with van der Waals surface area (Å²) in [5, 5.41) is 2.86. The van der Waals surface area contributed by atoms with Crippen LogP contribution in [0.25, 0.3) is 0 Å². The normalized spacial score (nSPS) is 11.4. The van der Waals surface area contributed by atoms with E-state index in [1.807, 2.05) is 43.3 Å². The van der Waals surface area contributed by atoms with E-state index in [0.29, 0.717) is 11.5 Å². The van der Waals surface area contributed by atoms with Crippen molar-refractivity contribution in [3.8, 4) is 11.5 Å². The van der Waals surface area contributed by atoms with Gasteiger partial charge in [-0.15, -0.1) is 0 Å². The molecule has 5 heteroatoms. The third kappa shape index (κ3) is 6.48. The summed E-state index contributed by atoms with van der Waals surface area (Å²) in [5.41, 5.74) is 1.49. The van der Waals surface area contributed by atoms with E-state index in [-0.39, 0.29) is 24.1 Å². The Kier molecular flexibility index (Phi) is 7.61. The molecule has 5 nitrogen and oxygen atoms in total. The monoisotopic (exact) mass is 403 g/mol. The van der Waals surface area contributed by atoms with Gasteiger partial charge in [0.2, 0.25) is 0 Å². The number of ether oxygens (including phenoxy) is 2. The maximum atomic E-state index is 12.5. The van der Waals surface area contributed by atoms with Crippen LogP contribution in [-0.4, -0.2) is 24.5 Å². The molecule has 1 N–H and O–H groups in total. The average Bonchev–Trinajstić information content (AvgIpc) is 2.78. The summed E-state index contributed by atoms with van der Waals surface area (Å²) in [7, 11) is 0. The van der Waals surface area contributed by atoms with Crippen LogP contribution in [0.4, 0.5) is 0 Å². The van der Waals surface area contributed by atoms with Gasteiger partial charge in [0.25, 0.3) is 5.91 Å². The van der Waals surface area contributed by atoms with Gasteiger partial charge in [0.1, 0.15) is 17.1 Å². The van der Waals surface area contributed by atoms with E-state index in [4.69, 9.17) is 9.47 Å². The third-order valence-electron chi connectivity index (χ3n) is 4.53. The molecule has 0 aromatic heterocycles. The predicted octanol–water partition coefficient (Wildman–Crippen LogP) is 4.77. The number of nitrogens with one attached hydrogen (secondary N) is 1. The number of carbonyl (C=O) groups is 2. The van der Waals surface area contributed by atoms with Crippen LogP contribution >= 0.6 is 0 Å². The largest absolute Gasteiger partial charge is 0.456 e. The summed E-state index contributed by atoms with van der Waals surface area (Å²) in [5.74, 6) is 0.0621. The molecule has 3 rings (SSSR count). The topological polar surface area (TPSA) is 64.6 Å². The van der Waals surface area contributed by atoms with E-state index < -0.39 is 5.97 Å². The van der Waals surface area contributed by atoms with Crippen LogP contribution in [0.2, 0.25) is 0 Å². The van der Waals surface area contributed by atoms with E-state index in [9.17, 15) is 9.59 Å². The fourth-order valence-electron chi connectivity index (χ4n) is 2.97. The van der Waals surface area contributed by atoms with Gasteiger partial charge in [-0.25, -0.2) is 4.79 Å². The van der Waals surface area contributed by atoms with Gasteiger partial charge in [0.15, 0.2) is 6.61 Å². The van der Waals surface area contributed by atoms with Gasteiger partial charge >= 0.3 is 5.97 Å². The number of para-hydroxylation sites is 2. The molecule has 0 aliphatic carbocycles. The molecule has 0 spiro atoms. The van der Waals surface area contributed by atoms with Crippen LogP contribution in [0.3, 0.4) is 0 Å². The van der Waals surface area contributed by atoms with E-state index in [0.717, 1.165) is 12.8 Å². The lowest BCUT2D eigenvalue weighted by atomic mass is 10.1. The van der Waals surface area contributed by atoms with E-state index >= 15 is 0 Å². The Bertz CT molecular complexity index is 957. The molecule has 0 aliphatic rings. The highest BCUT2D eigenvalue weighted by atomic mass is 16.5. The number of benzene rings is 3. The molecule has 3 aromatic rings. The molecule has 0 saturated carbocycles. The first kappa shape index (κ1) is 21.1. The molecule has 0 radical (unpaired) electrons. The van der Waals surface area contributed by atoms with Gasteiger partial charge < -0.3 is 14.8 Å². The lowest BCUT2D eigenvalue weighted by molar-refractivity contribution is -0.124. The molecule has 0 fully saturated rings. The average molecular weight is 403 g/mol. The summed E-state index contributed by atoms with van der Waals surface area (Å²) in [6.07, 6.45) is 1.67. The van der Waals surface area contributed by atoms with Crippen molar-refractivity contribution in [2.75, 3.05) is 6.61 Å². The third-order valence-corrected chi connectivity index (χ3v) is 4.53. The summed E-state index contributed by atoms with van der Waals surface area (Å²) >= 11 is 0. The van der Waals surface area contributed by atoms with Gasteiger partial charge in [-0.3, -0.25) is 4.79 Å². The zero-order chi connectivity index (χ0) is 21.2. The summed E-state index contributed by atoms with van der Waals surface area (Å²) in [6.45, 7) is 1.60. The second-order valence-electron chi connectivity index (χ2n) is 6.98. The summed E-state index contributed by atoms with van der Waals surface area (Å²) in [6, 6.07) is 26.0. The van der Waals surface area contributed by atoms with Crippen molar-refractivity contribution in [3.05, 3.63) is 96.1 Å². The van der Waals surface area contributed by atoms with E-state index in [1.54, 1.807) is 36.4 Å². The fraction of sp³-hybridized carbons (Fsp3) is 0.200. The second-order valence-corrected chi connectivity index (χ2v) is 6.98. The minimum atomic E-state index is -0.603. The number of esters is 1. The van der Waals surface area contributed by atoms with Crippen molar-refractivity contribution in [2.45, 2.75) is 25.8 Å². The van der Waals surface area contributed by atoms with Crippen LogP contribution in [0.1, 0.15) is 29.3 Å². The van der Waals surface area contributed by atoms with Crippen LogP contribution < -0.4 is 10.1 Å². The summed E-state index contributed by atoms with van der Waals surface area (Å²) < 4.78 is 11.0. The number of aryl methyl sites for hydroxylation is 1. The zero-order valence-electron chi connectivity index (χ0n) is 16.9. The Labute approximate surface area is 176 Å². The smallest absolute Gasteiger partial charge is 0.342 e. The van der Waals surface area contributed by atoms with Crippen molar-refractivity contribution in [1.82, 2.24) is 5.32 Å². The highest BCUT2D eigenvalue weighted by Crippen LogP contribution is 2.25. The molecule has 1 unspecified atom stereocenters. The number of hydrogen-bond donors (Lipinski definition) is 1. The second kappa shape index (κ2) is 10.8. The number of hydrogen-bond acceptors (Lipinski definition) is 4. The van der Waals surface area contributed by atoms with Gasteiger partial charge in [-0.05, 0) is 49.6 Å². The standard InChI is InChI=1S/C25H25NO4/c1-19(16-17-20-10-4-2-5-11-20)26-24(27)18-29-25(28)22-14-8-9-15-23(22)30-21-12-6-3-7-13-21/h2-15,19H,16-18H2,1H3,(H,26,27). The van der Waals surface area contributed by atoms with Crippen molar-refractivity contribution in [2.24, 2.45) is 0 Å². The molecule has 3 aromatic carbocycles. The lowest BCUT2D eigenvalue weighted by Crippen LogP contribution is -2.36. The van der Waals surface area contributed by atoms with Crippen molar-refractivity contribution in [1.29, 1.82) is 0 Å².